The summed E-state index contributed by atoms with van der Waals surface area (Å²) in [5.41, 5.74) is 0. The SMILES string of the molecule is Brc1cc(CNCCCOC2CCCCC2)oc1Br. The summed E-state index contributed by atoms with van der Waals surface area (Å²) in [7, 11) is 0. The lowest BCUT2D eigenvalue weighted by Crippen LogP contribution is -2.20. The Kier molecular flexibility index (Phi) is 6.91. The van der Waals surface area contributed by atoms with E-state index in [1.807, 2.05) is 6.07 Å². The molecule has 0 radical (unpaired) electrons. The molecule has 108 valence electrons. The van der Waals surface area contributed by atoms with E-state index in [2.05, 4.69) is 37.2 Å². The maximum Gasteiger partial charge on any atom is 0.183 e. The van der Waals surface area contributed by atoms with E-state index in [-0.39, 0.29) is 0 Å². The van der Waals surface area contributed by atoms with E-state index >= 15 is 0 Å². The largest absolute Gasteiger partial charge is 0.452 e. The molecular weight excluding hydrogens is 374 g/mol. The van der Waals surface area contributed by atoms with Crippen molar-refractivity contribution >= 4 is 31.9 Å². The van der Waals surface area contributed by atoms with Gasteiger partial charge in [-0.1, -0.05) is 19.3 Å². The summed E-state index contributed by atoms with van der Waals surface area (Å²) in [5.74, 6) is 0.937. The highest BCUT2D eigenvalue weighted by molar-refractivity contribution is 9.13. The summed E-state index contributed by atoms with van der Waals surface area (Å²) < 4.78 is 13.1. The van der Waals surface area contributed by atoms with Crippen molar-refractivity contribution in [1.29, 1.82) is 0 Å². The first-order chi connectivity index (χ1) is 9.25. The minimum Gasteiger partial charge on any atom is -0.452 e. The van der Waals surface area contributed by atoms with Crippen molar-refractivity contribution in [3.63, 3.8) is 0 Å². The summed E-state index contributed by atoms with van der Waals surface area (Å²) in [5, 5.41) is 3.36. The van der Waals surface area contributed by atoms with Gasteiger partial charge >= 0.3 is 0 Å². The van der Waals surface area contributed by atoms with Gasteiger partial charge in [0.2, 0.25) is 0 Å². The van der Waals surface area contributed by atoms with Gasteiger partial charge in [0.15, 0.2) is 4.67 Å². The lowest BCUT2D eigenvalue weighted by atomic mass is 9.98. The second kappa shape index (κ2) is 8.45. The Balaban J connectivity index is 1.50. The molecule has 3 nitrogen and oxygen atoms in total. The van der Waals surface area contributed by atoms with Gasteiger partial charge in [-0.2, -0.15) is 0 Å². The highest BCUT2D eigenvalue weighted by Gasteiger charge is 2.12. The molecule has 0 aliphatic heterocycles. The van der Waals surface area contributed by atoms with E-state index in [9.17, 15) is 0 Å². The van der Waals surface area contributed by atoms with Crippen LogP contribution in [0.4, 0.5) is 0 Å². The van der Waals surface area contributed by atoms with Gasteiger partial charge in [-0.3, -0.25) is 0 Å². The van der Waals surface area contributed by atoms with E-state index in [1.165, 1.54) is 32.1 Å². The molecular formula is C14H21Br2NO2. The molecule has 0 bridgehead atoms. The van der Waals surface area contributed by atoms with E-state index < -0.39 is 0 Å². The van der Waals surface area contributed by atoms with Gasteiger partial charge in [-0.05, 0) is 63.7 Å². The van der Waals surface area contributed by atoms with Crippen LogP contribution in [-0.4, -0.2) is 19.3 Å². The number of rotatable bonds is 7. The molecule has 5 heteroatoms. The highest BCUT2D eigenvalue weighted by Crippen LogP contribution is 2.26. The van der Waals surface area contributed by atoms with Crippen LogP contribution in [0.5, 0.6) is 0 Å². The quantitative estimate of drug-likeness (QED) is 0.684. The van der Waals surface area contributed by atoms with Gasteiger partial charge in [0, 0.05) is 6.61 Å². The zero-order valence-corrected chi connectivity index (χ0v) is 14.3. The molecule has 1 heterocycles. The molecule has 0 spiro atoms. The van der Waals surface area contributed by atoms with E-state index in [1.54, 1.807) is 0 Å². The van der Waals surface area contributed by atoms with Crippen LogP contribution in [-0.2, 0) is 11.3 Å². The Bertz CT molecular complexity index is 356. The van der Waals surface area contributed by atoms with Crippen molar-refractivity contribution in [2.45, 2.75) is 51.2 Å². The van der Waals surface area contributed by atoms with Gasteiger partial charge in [0.1, 0.15) is 5.76 Å². The average Bonchev–Trinajstić information content (AvgIpc) is 2.74. The first-order valence-corrected chi connectivity index (χ1v) is 8.60. The van der Waals surface area contributed by atoms with Crippen LogP contribution in [0.2, 0.25) is 0 Å². The van der Waals surface area contributed by atoms with Crippen molar-refractivity contribution in [1.82, 2.24) is 5.32 Å². The van der Waals surface area contributed by atoms with Crippen LogP contribution < -0.4 is 5.32 Å². The van der Waals surface area contributed by atoms with Gasteiger partial charge in [0.25, 0.3) is 0 Å². The zero-order chi connectivity index (χ0) is 13.5. The number of ether oxygens (including phenoxy) is 1. The second-order valence-electron chi connectivity index (χ2n) is 5.00. The topological polar surface area (TPSA) is 34.4 Å². The Morgan fingerprint density at radius 1 is 1.26 bits per heavy atom. The molecule has 2 rings (SSSR count). The molecule has 1 aromatic rings. The second-order valence-corrected chi connectivity index (χ2v) is 6.57. The number of furan rings is 1. The summed E-state index contributed by atoms with van der Waals surface area (Å²) >= 11 is 6.74. The number of nitrogens with one attached hydrogen (secondary N) is 1. The molecule has 1 fully saturated rings. The molecule has 0 unspecified atom stereocenters. The smallest absolute Gasteiger partial charge is 0.183 e. The van der Waals surface area contributed by atoms with Crippen LogP contribution in [0.1, 0.15) is 44.3 Å². The Hall–Kier alpha value is 0.160. The van der Waals surface area contributed by atoms with Crippen LogP contribution in [0.15, 0.2) is 19.6 Å². The Morgan fingerprint density at radius 2 is 2.05 bits per heavy atom. The van der Waals surface area contributed by atoms with Gasteiger partial charge < -0.3 is 14.5 Å². The number of hydrogen-bond donors (Lipinski definition) is 1. The normalized spacial score (nSPS) is 16.9. The molecule has 1 aliphatic carbocycles. The van der Waals surface area contributed by atoms with E-state index in [0.717, 1.165) is 41.0 Å². The number of halogens is 2. The summed E-state index contributed by atoms with van der Waals surface area (Å²) in [6.07, 6.45) is 8.14. The van der Waals surface area contributed by atoms with Crippen molar-refractivity contribution in [2.24, 2.45) is 0 Å². The van der Waals surface area contributed by atoms with Gasteiger partial charge in [0.05, 0.1) is 17.1 Å². The van der Waals surface area contributed by atoms with Crippen LogP contribution in [0.25, 0.3) is 0 Å². The van der Waals surface area contributed by atoms with Crippen molar-refractivity contribution in [2.75, 3.05) is 13.2 Å². The summed E-state index contributed by atoms with van der Waals surface area (Å²) in [6, 6.07) is 1.98. The third-order valence-electron chi connectivity index (χ3n) is 3.40. The molecule has 0 atom stereocenters. The van der Waals surface area contributed by atoms with Gasteiger partial charge in [-0.25, -0.2) is 0 Å². The third kappa shape index (κ3) is 5.58. The van der Waals surface area contributed by atoms with Crippen molar-refractivity contribution in [3.8, 4) is 0 Å². The fraction of sp³-hybridized carbons (Fsp3) is 0.714. The van der Waals surface area contributed by atoms with E-state index in [0.29, 0.717) is 6.10 Å². The molecule has 1 saturated carbocycles. The predicted molar refractivity (Wildman–Crippen MR) is 83.3 cm³/mol. The summed E-state index contributed by atoms with van der Waals surface area (Å²) in [4.78, 5) is 0. The fourth-order valence-corrected chi connectivity index (χ4v) is 3.03. The maximum atomic E-state index is 5.88. The lowest BCUT2D eigenvalue weighted by Gasteiger charge is -2.21. The fourth-order valence-electron chi connectivity index (χ4n) is 2.37. The van der Waals surface area contributed by atoms with Crippen molar-refractivity contribution in [3.05, 3.63) is 21.0 Å². The molecule has 1 N–H and O–H groups in total. The first kappa shape index (κ1) is 15.5. The Morgan fingerprint density at radius 3 is 2.74 bits per heavy atom. The van der Waals surface area contributed by atoms with Gasteiger partial charge in [-0.15, -0.1) is 0 Å². The van der Waals surface area contributed by atoms with Crippen molar-refractivity contribution < 1.29 is 9.15 Å². The first-order valence-electron chi connectivity index (χ1n) is 7.02. The molecule has 1 aliphatic rings. The predicted octanol–water partition coefficient (Wildman–Crippen LogP) is 4.63. The molecule has 19 heavy (non-hydrogen) atoms. The minimum absolute atomic E-state index is 0.519. The van der Waals surface area contributed by atoms with Crippen LogP contribution in [0.3, 0.4) is 0 Å². The average molecular weight is 395 g/mol. The Labute approximate surface area is 131 Å². The molecule has 0 saturated heterocycles. The zero-order valence-electron chi connectivity index (χ0n) is 11.1. The standard InChI is InChI=1S/C14H21Br2NO2/c15-13-9-12(19-14(13)16)10-17-7-4-8-18-11-5-2-1-3-6-11/h9,11,17H,1-8,10H2. The molecule has 0 amide bonds. The summed E-state index contributed by atoms with van der Waals surface area (Å²) in [6.45, 7) is 2.58. The molecule has 1 aromatic heterocycles. The van der Waals surface area contributed by atoms with E-state index in [4.69, 9.17) is 9.15 Å². The monoisotopic (exact) mass is 393 g/mol. The minimum atomic E-state index is 0.519. The maximum absolute atomic E-state index is 5.88. The van der Waals surface area contributed by atoms with Crippen LogP contribution in [0, 0.1) is 0 Å². The lowest BCUT2D eigenvalue weighted by molar-refractivity contribution is 0.0272. The molecule has 0 aromatic carbocycles. The van der Waals surface area contributed by atoms with Crippen LogP contribution >= 0.6 is 31.9 Å². The number of hydrogen-bond acceptors (Lipinski definition) is 3. The highest BCUT2D eigenvalue weighted by atomic mass is 79.9. The third-order valence-corrected chi connectivity index (χ3v) is 5.11.